The molecule has 0 aliphatic rings. The summed E-state index contributed by atoms with van der Waals surface area (Å²) < 4.78 is 5.44. The Bertz CT molecular complexity index is 450. The van der Waals surface area contributed by atoms with Gasteiger partial charge in [-0.2, -0.15) is 0 Å². The number of hydrogen-bond acceptors (Lipinski definition) is 2. The van der Waals surface area contributed by atoms with Crippen molar-refractivity contribution in [2.24, 2.45) is 0 Å². The Morgan fingerprint density at radius 2 is 2.27 bits per heavy atom. The lowest BCUT2D eigenvalue weighted by Gasteiger charge is -2.00. The second-order valence-electron chi connectivity index (χ2n) is 3.55. The molecule has 0 saturated heterocycles. The molecule has 0 radical (unpaired) electrons. The summed E-state index contributed by atoms with van der Waals surface area (Å²) in [6, 6.07) is 5.83. The molecule has 0 bridgehead atoms. The van der Waals surface area contributed by atoms with Gasteiger partial charge in [0.2, 0.25) is 0 Å². The third-order valence-electron chi connectivity index (χ3n) is 2.37. The number of benzene rings is 1. The third kappa shape index (κ3) is 2.16. The fourth-order valence-corrected chi connectivity index (χ4v) is 1.83. The van der Waals surface area contributed by atoms with Crippen molar-refractivity contribution in [1.29, 1.82) is 0 Å². The minimum absolute atomic E-state index is 0.675. The van der Waals surface area contributed by atoms with E-state index in [9.17, 15) is 0 Å². The summed E-state index contributed by atoms with van der Waals surface area (Å²) in [5, 5.41) is 5.12. The van der Waals surface area contributed by atoms with Crippen LogP contribution in [-0.2, 0) is 6.54 Å². The molecule has 80 valence electrons. The molecule has 3 heteroatoms. The van der Waals surface area contributed by atoms with E-state index < -0.39 is 0 Å². The predicted molar refractivity (Wildman–Crippen MR) is 63.2 cm³/mol. The third-order valence-corrected chi connectivity index (χ3v) is 2.67. The maximum atomic E-state index is 6.02. The summed E-state index contributed by atoms with van der Waals surface area (Å²) in [7, 11) is 0. The standard InChI is InChI=1S/C12H14ClNO/c1-2-6-14-7-9-8-15-12-10(9)4-3-5-11(12)13/h3-5,8,14H,2,6-7H2,1H3. The molecule has 1 N–H and O–H groups in total. The van der Waals surface area contributed by atoms with Crippen LogP contribution in [0.3, 0.4) is 0 Å². The number of para-hydroxylation sites is 1. The van der Waals surface area contributed by atoms with E-state index in [0.29, 0.717) is 5.02 Å². The smallest absolute Gasteiger partial charge is 0.152 e. The summed E-state index contributed by atoms with van der Waals surface area (Å²) >= 11 is 6.02. The molecule has 2 nitrogen and oxygen atoms in total. The highest BCUT2D eigenvalue weighted by atomic mass is 35.5. The molecule has 0 atom stereocenters. The van der Waals surface area contributed by atoms with Gasteiger partial charge >= 0.3 is 0 Å². The molecule has 1 aromatic carbocycles. The first-order valence-electron chi connectivity index (χ1n) is 5.18. The first kappa shape index (κ1) is 10.5. The van der Waals surface area contributed by atoms with E-state index in [1.807, 2.05) is 18.2 Å². The molecular formula is C12H14ClNO. The number of fused-ring (bicyclic) bond motifs is 1. The number of halogens is 1. The summed E-state index contributed by atoms with van der Waals surface area (Å²) in [4.78, 5) is 0. The molecule has 1 heterocycles. The Morgan fingerprint density at radius 3 is 3.07 bits per heavy atom. The first-order chi connectivity index (χ1) is 7.33. The summed E-state index contributed by atoms with van der Waals surface area (Å²) in [6.07, 6.45) is 2.91. The molecule has 1 aromatic heterocycles. The zero-order chi connectivity index (χ0) is 10.7. The number of furan rings is 1. The van der Waals surface area contributed by atoms with Crippen molar-refractivity contribution in [3.05, 3.63) is 35.0 Å². The van der Waals surface area contributed by atoms with Crippen molar-refractivity contribution in [2.75, 3.05) is 6.54 Å². The topological polar surface area (TPSA) is 25.2 Å². The zero-order valence-corrected chi connectivity index (χ0v) is 9.47. The van der Waals surface area contributed by atoms with Crippen LogP contribution in [0.5, 0.6) is 0 Å². The highest BCUT2D eigenvalue weighted by Crippen LogP contribution is 2.27. The lowest BCUT2D eigenvalue weighted by molar-refractivity contribution is 0.601. The predicted octanol–water partition coefficient (Wildman–Crippen LogP) is 3.59. The number of rotatable bonds is 4. The fraction of sp³-hybridized carbons (Fsp3) is 0.333. The van der Waals surface area contributed by atoms with Gasteiger partial charge in [-0.05, 0) is 19.0 Å². The van der Waals surface area contributed by atoms with Gasteiger partial charge in [0.25, 0.3) is 0 Å². The minimum Gasteiger partial charge on any atom is -0.462 e. The maximum Gasteiger partial charge on any atom is 0.152 e. The Balaban J connectivity index is 2.25. The zero-order valence-electron chi connectivity index (χ0n) is 8.72. The van der Waals surface area contributed by atoms with E-state index in [-0.39, 0.29) is 0 Å². The maximum absolute atomic E-state index is 6.02. The highest BCUT2D eigenvalue weighted by Gasteiger charge is 2.07. The molecule has 15 heavy (non-hydrogen) atoms. The van der Waals surface area contributed by atoms with Crippen LogP contribution in [0, 0.1) is 0 Å². The van der Waals surface area contributed by atoms with Gasteiger partial charge in [-0.15, -0.1) is 0 Å². The van der Waals surface area contributed by atoms with E-state index in [1.54, 1.807) is 6.26 Å². The van der Waals surface area contributed by atoms with Crippen LogP contribution in [-0.4, -0.2) is 6.54 Å². The molecule has 2 rings (SSSR count). The normalized spacial score (nSPS) is 11.1. The minimum atomic E-state index is 0.675. The van der Waals surface area contributed by atoms with Crippen molar-refractivity contribution >= 4 is 22.6 Å². The Hall–Kier alpha value is -0.990. The van der Waals surface area contributed by atoms with E-state index >= 15 is 0 Å². The van der Waals surface area contributed by atoms with Crippen molar-refractivity contribution in [2.45, 2.75) is 19.9 Å². The molecular weight excluding hydrogens is 210 g/mol. The van der Waals surface area contributed by atoms with Crippen molar-refractivity contribution in [1.82, 2.24) is 5.32 Å². The Kier molecular flexibility index (Phi) is 3.29. The van der Waals surface area contributed by atoms with Crippen LogP contribution < -0.4 is 5.32 Å². The van der Waals surface area contributed by atoms with Gasteiger partial charge in [-0.25, -0.2) is 0 Å². The average Bonchev–Trinajstić information content (AvgIpc) is 2.64. The number of hydrogen-bond donors (Lipinski definition) is 1. The van der Waals surface area contributed by atoms with Crippen LogP contribution in [0.4, 0.5) is 0 Å². The van der Waals surface area contributed by atoms with Gasteiger partial charge in [0.05, 0.1) is 11.3 Å². The van der Waals surface area contributed by atoms with Gasteiger partial charge < -0.3 is 9.73 Å². The summed E-state index contributed by atoms with van der Waals surface area (Å²) in [6.45, 7) is 4.01. The van der Waals surface area contributed by atoms with Crippen LogP contribution in [0.1, 0.15) is 18.9 Å². The van der Waals surface area contributed by atoms with Crippen molar-refractivity contribution in [3.63, 3.8) is 0 Å². The largest absolute Gasteiger partial charge is 0.462 e. The molecule has 0 saturated carbocycles. The van der Waals surface area contributed by atoms with Crippen LogP contribution in [0.2, 0.25) is 5.02 Å². The highest BCUT2D eigenvalue weighted by molar-refractivity contribution is 6.34. The summed E-state index contributed by atoms with van der Waals surface area (Å²) in [5.74, 6) is 0. The van der Waals surface area contributed by atoms with Gasteiger partial charge in [-0.1, -0.05) is 30.7 Å². The molecule has 0 aliphatic heterocycles. The lowest BCUT2D eigenvalue weighted by atomic mass is 10.2. The van der Waals surface area contributed by atoms with Crippen LogP contribution in [0.25, 0.3) is 11.0 Å². The summed E-state index contributed by atoms with van der Waals surface area (Å²) in [5.41, 5.74) is 1.95. The molecule has 2 aromatic rings. The van der Waals surface area contributed by atoms with E-state index in [2.05, 4.69) is 12.2 Å². The second-order valence-corrected chi connectivity index (χ2v) is 3.96. The molecule has 0 fully saturated rings. The van der Waals surface area contributed by atoms with E-state index in [0.717, 1.165) is 30.5 Å². The molecule has 0 aliphatic carbocycles. The van der Waals surface area contributed by atoms with Crippen LogP contribution >= 0.6 is 11.6 Å². The van der Waals surface area contributed by atoms with E-state index in [1.165, 1.54) is 5.56 Å². The van der Waals surface area contributed by atoms with Gasteiger partial charge in [0.1, 0.15) is 0 Å². The van der Waals surface area contributed by atoms with Crippen molar-refractivity contribution < 1.29 is 4.42 Å². The lowest BCUT2D eigenvalue weighted by Crippen LogP contribution is -2.13. The average molecular weight is 224 g/mol. The van der Waals surface area contributed by atoms with Gasteiger partial charge in [-0.3, -0.25) is 0 Å². The quantitative estimate of drug-likeness (QED) is 0.802. The second kappa shape index (κ2) is 4.69. The van der Waals surface area contributed by atoms with Gasteiger partial charge in [0.15, 0.2) is 5.58 Å². The monoisotopic (exact) mass is 223 g/mol. The molecule has 0 unspecified atom stereocenters. The Morgan fingerprint density at radius 1 is 1.40 bits per heavy atom. The fourth-order valence-electron chi connectivity index (χ4n) is 1.61. The number of nitrogens with one attached hydrogen (secondary N) is 1. The molecule has 0 amide bonds. The van der Waals surface area contributed by atoms with Crippen LogP contribution in [0.15, 0.2) is 28.9 Å². The van der Waals surface area contributed by atoms with E-state index in [4.69, 9.17) is 16.0 Å². The SMILES string of the molecule is CCCNCc1coc2c(Cl)cccc12. The first-order valence-corrected chi connectivity index (χ1v) is 5.56. The Labute approximate surface area is 94.2 Å². The van der Waals surface area contributed by atoms with Gasteiger partial charge in [0, 0.05) is 17.5 Å². The van der Waals surface area contributed by atoms with Crippen molar-refractivity contribution in [3.8, 4) is 0 Å². The molecule has 0 spiro atoms.